The van der Waals surface area contributed by atoms with Gasteiger partial charge in [0.1, 0.15) is 5.75 Å². The Morgan fingerprint density at radius 2 is 2.00 bits per heavy atom. The van der Waals surface area contributed by atoms with Crippen molar-refractivity contribution in [2.24, 2.45) is 0 Å². The normalized spacial score (nSPS) is 11.8. The monoisotopic (exact) mass is 347 g/mol. The Labute approximate surface area is 133 Å². The summed E-state index contributed by atoms with van der Waals surface area (Å²) >= 11 is 3.39. The van der Waals surface area contributed by atoms with Crippen LogP contribution in [0.2, 0.25) is 0 Å². The number of hydrogen-bond donors (Lipinski definition) is 1. The highest BCUT2D eigenvalue weighted by Crippen LogP contribution is 2.18. The molecule has 0 radical (unpaired) electrons. The number of carbonyl (C=O) groups is 1. The Morgan fingerprint density at radius 3 is 2.67 bits per heavy atom. The largest absolute Gasteiger partial charge is 0.481 e. The van der Waals surface area contributed by atoms with Gasteiger partial charge >= 0.3 is 0 Å². The summed E-state index contributed by atoms with van der Waals surface area (Å²) in [6.45, 7) is 3.93. The van der Waals surface area contributed by atoms with E-state index in [1.54, 1.807) is 0 Å². The minimum atomic E-state index is -0.509. The summed E-state index contributed by atoms with van der Waals surface area (Å²) in [5, 5.41) is 2.87. The quantitative estimate of drug-likeness (QED) is 0.861. The first-order chi connectivity index (χ1) is 10.1. The SMILES string of the molecule is CC[C@H](Oc1cccc(C)c1)C(=O)Nc1cccc(Br)c1. The van der Waals surface area contributed by atoms with Crippen LogP contribution in [0.4, 0.5) is 5.69 Å². The van der Waals surface area contributed by atoms with Gasteiger partial charge in [-0.15, -0.1) is 0 Å². The van der Waals surface area contributed by atoms with Crippen LogP contribution < -0.4 is 10.1 Å². The van der Waals surface area contributed by atoms with Gasteiger partial charge in [-0.25, -0.2) is 0 Å². The molecule has 0 saturated heterocycles. The number of amides is 1. The summed E-state index contributed by atoms with van der Waals surface area (Å²) in [7, 11) is 0. The van der Waals surface area contributed by atoms with Gasteiger partial charge in [-0.3, -0.25) is 4.79 Å². The number of nitrogens with one attached hydrogen (secondary N) is 1. The van der Waals surface area contributed by atoms with E-state index < -0.39 is 6.10 Å². The summed E-state index contributed by atoms with van der Waals surface area (Å²) in [4.78, 5) is 12.3. The molecule has 0 bridgehead atoms. The van der Waals surface area contributed by atoms with E-state index in [1.165, 1.54) is 0 Å². The van der Waals surface area contributed by atoms with Crippen molar-refractivity contribution in [1.82, 2.24) is 0 Å². The third kappa shape index (κ3) is 4.60. The van der Waals surface area contributed by atoms with E-state index in [9.17, 15) is 4.79 Å². The van der Waals surface area contributed by atoms with Gasteiger partial charge in [0.2, 0.25) is 0 Å². The van der Waals surface area contributed by atoms with Gasteiger partial charge in [0.25, 0.3) is 5.91 Å². The Hall–Kier alpha value is -1.81. The first-order valence-electron chi connectivity index (χ1n) is 6.88. The van der Waals surface area contributed by atoms with E-state index >= 15 is 0 Å². The Bertz CT molecular complexity index is 628. The lowest BCUT2D eigenvalue weighted by atomic mass is 10.2. The summed E-state index contributed by atoms with van der Waals surface area (Å²) in [5.41, 5.74) is 1.86. The molecule has 1 atom stereocenters. The third-order valence-electron chi connectivity index (χ3n) is 3.02. The number of carbonyl (C=O) groups excluding carboxylic acids is 1. The average Bonchev–Trinajstić information content (AvgIpc) is 2.44. The van der Waals surface area contributed by atoms with Gasteiger partial charge in [-0.2, -0.15) is 0 Å². The minimum Gasteiger partial charge on any atom is -0.481 e. The second-order valence-electron chi connectivity index (χ2n) is 4.83. The number of benzene rings is 2. The maximum atomic E-state index is 12.3. The lowest BCUT2D eigenvalue weighted by Crippen LogP contribution is -2.32. The summed E-state index contributed by atoms with van der Waals surface area (Å²) < 4.78 is 6.71. The van der Waals surface area contributed by atoms with Crippen molar-refractivity contribution in [2.45, 2.75) is 26.4 Å². The molecule has 0 saturated carbocycles. The fraction of sp³-hybridized carbons (Fsp3) is 0.235. The average molecular weight is 348 g/mol. The lowest BCUT2D eigenvalue weighted by Gasteiger charge is -2.17. The zero-order valence-electron chi connectivity index (χ0n) is 12.1. The van der Waals surface area contributed by atoms with Crippen LogP contribution in [0.25, 0.3) is 0 Å². The van der Waals surface area contributed by atoms with Crippen molar-refractivity contribution >= 4 is 27.5 Å². The molecule has 2 aromatic rings. The molecule has 0 aliphatic carbocycles. The molecule has 1 amide bonds. The first kappa shape index (κ1) is 15.6. The van der Waals surface area contributed by atoms with Crippen LogP contribution in [0, 0.1) is 6.92 Å². The van der Waals surface area contributed by atoms with Crippen molar-refractivity contribution in [3.63, 3.8) is 0 Å². The molecular weight excluding hydrogens is 330 g/mol. The van der Waals surface area contributed by atoms with Gasteiger partial charge < -0.3 is 10.1 Å². The summed E-state index contributed by atoms with van der Waals surface area (Å²) in [6.07, 6.45) is 0.0964. The zero-order valence-corrected chi connectivity index (χ0v) is 13.7. The van der Waals surface area contributed by atoms with Crippen molar-refractivity contribution in [3.05, 3.63) is 58.6 Å². The highest BCUT2D eigenvalue weighted by molar-refractivity contribution is 9.10. The molecule has 0 fully saturated rings. The Balaban J connectivity index is 2.05. The molecule has 110 valence electrons. The molecule has 4 heteroatoms. The molecule has 3 nitrogen and oxygen atoms in total. The second-order valence-corrected chi connectivity index (χ2v) is 5.75. The molecule has 0 spiro atoms. The molecule has 0 unspecified atom stereocenters. The van der Waals surface area contributed by atoms with E-state index in [1.807, 2.05) is 62.4 Å². The minimum absolute atomic E-state index is 0.142. The first-order valence-corrected chi connectivity index (χ1v) is 7.67. The Morgan fingerprint density at radius 1 is 1.24 bits per heavy atom. The van der Waals surface area contributed by atoms with E-state index in [4.69, 9.17) is 4.74 Å². The fourth-order valence-corrected chi connectivity index (χ4v) is 2.36. The molecule has 0 heterocycles. The van der Waals surface area contributed by atoms with Crippen molar-refractivity contribution in [1.29, 1.82) is 0 Å². The molecule has 21 heavy (non-hydrogen) atoms. The molecule has 2 aromatic carbocycles. The standard InChI is InChI=1S/C17H18BrNO2/c1-3-16(21-15-9-4-6-12(2)10-15)17(20)19-14-8-5-7-13(18)11-14/h4-11,16H,3H2,1-2H3,(H,19,20)/t16-/m0/s1. The number of hydrogen-bond acceptors (Lipinski definition) is 2. The van der Waals surface area contributed by atoms with E-state index in [0.717, 1.165) is 15.7 Å². The van der Waals surface area contributed by atoms with E-state index in [-0.39, 0.29) is 5.91 Å². The van der Waals surface area contributed by atoms with Crippen LogP contribution in [0.5, 0.6) is 5.75 Å². The highest BCUT2D eigenvalue weighted by Gasteiger charge is 2.18. The van der Waals surface area contributed by atoms with Crippen LogP contribution in [0.15, 0.2) is 53.0 Å². The molecule has 2 rings (SSSR count). The van der Waals surface area contributed by atoms with Crippen LogP contribution in [0.1, 0.15) is 18.9 Å². The van der Waals surface area contributed by atoms with Gasteiger partial charge in [0, 0.05) is 10.2 Å². The van der Waals surface area contributed by atoms with Crippen LogP contribution >= 0.6 is 15.9 Å². The Kier molecular flexibility index (Phi) is 5.39. The number of ether oxygens (including phenoxy) is 1. The van der Waals surface area contributed by atoms with E-state index in [0.29, 0.717) is 12.2 Å². The molecule has 0 aromatic heterocycles. The summed E-state index contributed by atoms with van der Waals surface area (Å²) in [6, 6.07) is 15.2. The molecule has 0 aliphatic heterocycles. The van der Waals surface area contributed by atoms with Crippen molar-refractivity contribution in [3.8, 4) is 5.75 Å². The molecule has 0 aliphatic rings. The molecule has 1 N–H and O–H groups in total. The smallest absolute Gasteiger partial charge is 0.265 e. The number of halogens is 1. The number of aryl methyl sites for hydroxylation is 1. The maximum absolute atomic E-state index is 12.3. The van der Waals surface area contributed by atoms with Gasteiger partial charge in [0.15, 0.2) is 6.10 Å². The van der Waals surface area contributed by atoms with Gasteiger partial charge in [-0.1, -0.05) is 41.1 Å². The highest BCUT2D eigenvalue weighted by atomic mass is 79.9. The number of rotatable bonds is 5. The number of anilines is 1. The van der Waals surface area contributed by atoms with Gasteiger partial charge in [0.05, 0.1) is 0 Å². The predicted molar refractivity (Wildman–Crippen MR) is 88.7 cm³/mol. The maximum Gasteiger partial charge on any atom is 0.265 e. The van der Waals surface area contributed by atoms with Crippen LogP contribution in [0.3, 0.4) is 0 Å². The second kappa shape index (κ2) is 7.27. The van der Waals surface area contributed by atoms with Crippen LogP contribution in [-0.2, 0) is 4.79 Å². The van der Waals surface area contributed by atoms with Crippen molar-refractivity contribution in [2.75, 3.05) is 5.32 Å². The molecular formula is C17H18BrNO2. The predicted octanol–water partition coefficient (Wildman–Crippen LogP) is 4.55. The van der Waals surface area contributed by atoms with Crippen LogP contribution in [-0.4, -0.2) is 12.0 Å². The van der Waals surface area contributed by atoms with Gasteiger partial charge in [-0.05, 0) is 49.2 Å². The lowest BCUT2D eigenvalue weighted by molar-refractivity contribution is -0.122. The fourth-order valence-electron chi connectivity index (χ4n) is 1.96. The summed E-state index contributed by atoms with van der Waals surface area (Å²) in [5.74, 6) is 0.573. The van der Waals surface area contributed by atoms with Crippen molar-refractivity contribution < 1.29 is 9.53 Å². The third-order valence-corrected chi connectivity index (χ3v) is 3.52. The zero-order chi connectivity index (χ0) is 15.2. The van der Waals surface area contributed by atoms with E-state index in [2.05, 4.69) is 21.2 Å². The topological polar surface area (TPSA) is 38.3 Å².